The van der Waals surface area contributed by atoms with Gasteiger partial charge < -0.3 is 15.1 Å². The van der Waals surface area contributed by atoms with Gasteiger partial charge in [0.1, 0.15) is 0 Å². The van der Waals surface area contributed by atoms with E-state index in [0.717, 1.165) is 38.5 Å². The molecule has 4 aliphatic rings. The first-order valence-electron chi connectivity index (χ1n) is 12.8. The lowest BCUT2D eigenvalue weighted by molar-refractivity contribution is -0.114. The molecule has 0 aliphatic heterocycles. The minimum atomic E-state index is -0.711. The van der Waals surface area contributed by atoms with Crippen LogP contribution in [0.1, 0.15) is 76.2 Å². The number of nitrogens with zero attached hydrogens (tertiary/aromatic N) is 1. The molecule has 0 spiro atoms. The van der Waals surface area contributed by atoms with Gasteiger partial charge in [-0.2, -0.15) is 0 Å². The Kier molecular flexibility index (Phi) is 5.81. The van der Waals surface area contributed by atoms with E-state index in [-0.39, 0.29) is 23.7 Å². The highest BCUT2D eigenvalue weighted by atomic mass is 16.3. The number of carbonyl (C=O) groups is 1. The largest absolute Gasteiger partial charge is 0.396 e. The van der Waals surface area contributed by atoms with Crippen molar-refractivity contribution >= 4 is 11.5 Å². The second kappa shape index (κ2) is 8.39. The van der Waals surface area contributed by atoms with Gasteiger partial charge in [0.15, 0.2) is 5.78 Å². The molecule has 2 saturated carbocycles. The molecule has 0 saturated heterocycles. The first-order valence-corrected chi connectivity index (χ1v) is 12.8. The number of fused-ring (bicyclic) bond motifs is 4. The normalized spacial score (nSPS) is 35.6. The zero-order chi connectivity index (χ0) is 23.4. The van der Waals surface area contributed by atoms with Crippen molar-refractivity contribution in [3.05, 3.63) is 52.6 Å². The second-order valence-electron chi connectivity index (χ2n) is 11.4. The summed E-state index contributed by atoms with van der Waals surface area (Å²) < 4.78 is 0. The summed E-state index contributed by atoms with van der Waals surface area (Å²) >= 11 is 0. The van der Waals surface area contributed by atoms with E-state index in [4.69, 9.17) is 0 Å². The third-order valence-electron chi connectivity index (χ3n) is 9.62. The molecular formula is C29H39NO3. The van der Waals surface area contributed by atoms with E-state index < -0.39 is 5.60 Å². The minimum Gasteiger partial charge on any atom is -0.396 e. The highest BCUT2D eigenvalue weighted by molar-refractivity contribution is 5.93. The van der Waals surface area contributed by atoms with E-state index in [2.05, 4.69) is 50.2 Å². The maximum absolute atomic E-state index is 12.2. The fourth-order valence-electron chi connectivity index (χ4n) is 7.84. The molecule has 0 radical (unpaired) electrons. The monoisotopic (exact) mass is 449 g/mol. The molecule has 1 aromatic carbocycles. The van der Waals surface area contributed by atoms with Gasteiger partial charge in [-0.25, -0.2) is 0 Å². The molecule has 0 heterocycles. The smallest absolute Gasteiger partial charge is 0.156 e. The Morgan fingerprint density at radius 1 is 1.09 bits per heavy atom. The number of aliphatic hydroxyl groups is 2. The molecule has 5 atom stereocenters. The van der Waals surface area contributed by atoms with Crippen molar-refractivity contribution in [1.82, 2.24) is 0 Å². The first-order chi connectivity index (χ1) is 15.8. The predicted molar refractivity (Wildman–Crippen MR) is 132 cm³/mol. The summed E-state index contributed by atoms with van der Waals surface area (Å²) in [6.45, 7) is 2.47. The molecule has 0 aromatic heterocycles. The number of benzene rings is 1. The highest BCUT2D eigenvalue weighted by Gasteiger charge is 2.62. The van der Waals surface area contributed by atoms with Gasteiger partial charge in [0.05, 0.1) is 5.60 Å². The average Bonchev–Trinajstić information content (AvgIpc) is 3.07. The van der Waals surface area contributed by atoms with Crippen LogP contribution >= 0.6 is 0 Å². The van der Waals surface area contributed by atoms with Crippen molar-refractivity contribution in [2.45, 2.75) is 76.2 Å². The molecule has 0 unspecified atom stereocenters. The third kappa shape index (κ3) is 3.61. The topological polar surface area (TPSA) is 60.8 Å². The first kappa shape index (κ1) is 22.9. The van der Waals surface area contributed by atoms with Crippen LogP contribution in [0.2, 0.25) is 0 Å². The quantitative estimate of drug-likeness (QED) is 0.652. The predicted octanol–water partition coefficient (Wildman–Crippen LogP) is 5.16. The molecule has 0 bridgehead atoms. The van der Waals surface area contributed by atoms with Crippen LogP contribution in [0.15, 0.2) is 47.1 Å². The van der Waals surface area contributed by atoms with Gasteiger partial charge in [-0.15, -0.1) is 0 Å². The summed E-state index contributed by atoms with van der Waals surface area (Å²) in [4.78, 5) is 14.3. The standard InChI is InChI=1S/C29H39NO3/c1-28-18-25(19-5-8-21(9-6-19)30(2)3)27-23-12-10-22(32)17-20(23)7-11-24(27)26(28)13-15-29(28,33)14-4-16-31/h5-6,8-9,17,24-26,31,33H,4,7,10-16,18H2,1-3H3/t24-,25+,26+,28+,29+/m0/s1. The van der Waals surface area contributed by atoms with Crippen molar-refractivity contribution in [2.24, 2.45) is 17.3 Å². The summed E-state index contributed by atoms with van der Waals surface area (Å²) in [5.74, 6) is 1.50. The lowest BCUT2D eigenvalue weighted by atomic mass is 9.51. The molecule has 4 nitrogen and oxygen atoms in total. The summed E-state index contributed by atoms with van der Waals surface area (Å²) in [5.41, 5.74) is 5.98. The van der Waals surface area contributed by atoms with Crippen LogP contribution in [0.4, 0.5) is 5.69 Å². The maximum Gasteiger partial charge on any atom is 0.156 e. The number of carbonyl (C=O) groups excluding carboxylic acids is 1. The van der Waals surface area contributed by atoms with Gasteiger partial charge >= 0.3 is 0 Å². The molecule has 5 rings (SSSR count). The zero-order valence-electron chi connectivity index (χ0n) is 20.4. The Morgan fingerprint density at radius 2 is 1.85 bits per heavy atom. The van der Waals surface area contributed by atoms with Crippen LogP contribution in [-0.2, 0) is 4.79 Å². The molecule has 2 N–H and O–H groups in total. The summed E-state index contributed by atoms with van der Waals surface area (Å²) in [5, 5.41) is 21.4. The van der Waals surface area contributed by atoms with Gasteiger partial charge in [0.25, 0.3) is 0 Å². The molecule has 33 heavy (non-hydrogen) atoms. The minimum absolute atomic E-state index is 0.138. The van der Waals surface area contributed by atoms with Crippen molar-refractivity contribution in [2.75, 3.05) is 25.6 Å². The van der Waals surface area contributed by atoms with Crippen LogP contribution in [0.25, 0.3) is 0 Å². The van der Waals surface area contributed by atoms with Gasteiger partial charge in [-0.05, 0) is 98.1 Å². The molecule has 4 aliphatic carbocycles. The number of allylic oxidation sites excluding steroid dienone is 4. The number of ketones is 1. The average molecular weight is 450 g/mol. The van der Waals surface area contributed by atoms with Crippen molar-refractivity contribution in [1.29, 1.82) is 0 Å². The van der Waals surface area contributed by atoms with Gasteiger partial charge in [-0.3, -0.25) is 4.79 Å². The molecule has 2 fully saturated rings. The third-order valence-corrected chi connectivity index (χ3v) is 9.62. The highest BCUT2D eigenvalue weighted by Crippen LogP contribution is 2.67. The van der Waals surface area contributed by atoms with E-state index in [9.17, 15) is 15.0 Å². The van der Waals surface area contributed by atoms with E-state index in [1.165, 1.54) is 22.4 Å². The number of anilines is 1. The van der Waals surface area contributed by atoms with Gasteiger partial charge in [0.2, 0.25) is 0 Å². The Labute approximate surface area is 198 Å². The lowest BCUT2D eigenvalue weighted by Crippen LogP contribution is -2.51. The Bertz CT molecular complexity index is 991. The van der Waals surface area contributed by atoms with E-state index in [0.29, 0.717) is 31.1 Å². The van der Waals surface area contributed by atoms with Crippen LogP contribution in [-0.4, -0.2) is 42.3 Å². The van der Waals surface area contributed by atoms with E-state index in [1.807, 2.05) is 6.08 Å². The number of hydrogen-bond donors (Lipinski definition) is 2. The molecule has 4 heteroatoms. The number of hydrogen-bond acceptors (Lipinski definition) is 4. The number of rotatable bonds is 5. The Balaban J connectivity index is 1.62. The Hall–Kier alpha value is -1.91. The molecule has 0 amide bonds. The summed E-state index contributed by atoms with van der Waals surface area (Å²) in [6, 6.07) is 8.98. The Morgan fingerprint density at radius 3 is 2.55 bits per heavy atom. The van der Waals surface area contributed by atoms with Crippen LogP contribution in [0.5, 0.6) is 0 Å². The number of aliphatic hydroxyl groups excluding tert-OH is 1. The molecule has 1 aromatic rings. The summed E-state index contributed by atoms with van der Waals surface area (Å²) in [6.07, 6.45) is 9.68. The van der Waals surface area contributed by atoms with Crippen LogP contribution in [0.3, 0.4) is 0 Å². The van der Waals surface area contributed by atoms with Gasteiger partial charge in [0, 0.05) is 44.1 Å². The zero-order valence-corrected chi connectivity index (χ0v) is 20.4. The van der Waals surface area contributed by atoms with E-state index >= 15 is 0 Å². The van der Waals surface area contributed by atoms with Gasteiger partial charge in [-0.1, -0.05) is 24.6 Å². The maximum atomic E-state index is 12.2. The molecule has 178 valence electrons. The summed E-state index contributed by atoms with van der Waals surface area (Å²) in [7, 11) is 4.14. The van der Waals surface area contributed by atoms with Crippen LogP contribution in [0, 0.1) is 17.3 Å². The lowest BCUT2D eigenvalue weighted by Gasteiger charge is -2.55. The van der Waals surface area contributed by atoms with Crippen LogP contribution < -0.4 is 4.90 Å². The fourth-order valence-corrected chi connectivity index (χ4v) is 7.84. The van der Waals surface area contributed by atoms with Crippen molar-refractivity contribution in [3.8, 4) is 0 Å². The van der Waals surface area contributed by atoms with Crippen molar-refractivity contribution < 1.29 is 15.0 Å². The van der Waals surface area contributed by atoms with E-state index in [1.54, 1.807) is 5.57 Å². The second-order valence-corrected chi connectivity index (χ2v) is 11.4. The van der Waals surface area contributed by atoms with Crippen molar-refractivity contribution in [3.63, 3.8) is 0 Å². The fraction of sp³-hybridized carbons (Fsp3) is 0.621. The SMILES string of the molecule is CN(C)c1ccc([C@H]2C[C@]3(C)[C@H](CC[C@]3(O)CCCO)[C@@H]3CCC4=CC(=O)CCC4=C32)cc1. The molecular weight excluding hydrogens is 410 g/mol.